The zero-order chi connectivity index (χ0) is 16.2. The van der Waals surface area contributed by atoms with Crippen molar-refractivity contribution in [2.75, 3.05) is 0 Å². The zero-order valence-electron chi connectivity index (χ0n) is 13.0. The van der Waals surface area contributed by atoms with Crippen LogP contribution in [0.15, 0.2) is 24.4 Å². The normalized spacial score (nSPS) is 21.5. The monoisotopic (exact) mass is 332 g/mol. The average Bonchev–Trinajstić information content (AvgIpc) is 2.99. The van der Waals surface area contributed by atoms with Gasteiger partial charge >= 0.3 is 0 Å². The minimum Gasteiger partial charge on any atom is -0.393 e. The number of rotatable bonds is 6. The van der Waals surface area contributed by atoms with Crippen LogP contribution in [0.25, 0.3) is 0 Å². The second-order valence-electron chi connectivity index (χ2n) is 5.89. The van der Waals surface area contributed by atoms with E-state index in [0.717, 1.165) is 35.8 Å². The molecule has 0 radical (unpaired) electrons. The van der Waals surface area contributed by atoms with Gasteiger partial charge in [0, 0.05) is 6.20 Å². The number of aryl methyl sites for hydroxylation is 1. The van der Waals surface area contributed by atoms with Crippen LogP contribution in [0.2, 0.25) is 0 Å². The Morgan fingerprint density at radius 3 is 2.96 bits per heavy atom. The summed E-state index contributed by atoms with van der Waals surface area (Å²) < 4.78 is 3.91. The fourth-order valence-corrected chi connectivity index (χ4v) is 3.49. The summed E-state index contributed by atoms with van der Waals surface area (Å²) in [4.78, 5) is 17.6. The van der Waals surface area contributed by atoms with E-state index in [-0.39, 0.29) is 24.0 Å². The highest BCUT2D eigenvalue weighted by atomic mass is 32.1. The van der Waals surface area contributed by atoms with E-state index in [2.05, 4.69) is 19.9 Å². The third-order valence-corrected chi connectivity index (χ3v) is 4.93. The molecule has 0 spiro atoms. The molecule has 3 rings (SSSR count). The van der Waals surface area contributed by atoms with E-state index in [0.29, 0.717) is 17.7 Å². The number of pyridine rings is 1. The maximum Gasteiger partial charge on any atom is 0.265 e. The Bertz CT molecular complexity index is 655. The molecule has 2 heterocycles. The number of carbonyl (C=O) groups is 1. The summed E-state index contributed by atoms with van der Waals surface area (Å²) in [6.07, 6.45) is 4.48. The Balaban J connectivity index is 1.78. The topological polar surface area (TPSA) is 88.0 Å². The van der Waals surface area contributed by atoms with E-state index in [4.69, 9.17) is 0 Å². The summed E-state index contributed by atoms with van der Waals surface area (Å²) in [7, 11) is 0. The maximum atomic E-state index is 12.6. The standard InChI is InChI=1S/C16H20N4O2S/c1-2-5-13-15(23-20-19-13)16(22)18-14(10-8-11(21)9-10)12-6-3-4-7-17-12/h3-4,6-7,10-11,14,21H,2,5,8-9H2,1H3,(H,18,22)/t10?,11?,14-/m1/s1. The summed E-state index contributed by atoms with van der Waals surface area (Å²) in [5, 5.41) is 16.7. The van der Waals surface area contributed by atoms with E-state index in [1.54, 1.807) is 6.20 Å². The highest BCUT2D eigenvalue weighted by Gasteiger charge is 2.36. The van der Waals surface area contributed by atoms with Gasteiger partial charge in [0.05, 0.1) is 23.5 Å². The number of hydrogen-bond donors (Lipinski definition) is 2. The van der Waals surface area contributed by atoms with E-state index >= 15 is 0 Å². The highest BCUT2D eigenvalue weighted by molar-refractivity contribution is 7.08. The molecule has 0 bridgehead atoms. The summed E-state index contributed by atoms with van der Waals surface area (Å²) in [5.74, 6) is 0.0554. The van der Waals surface area contributed by atoms with Crippen LogP contribution in [0.1, 0.15) is 53.3 Å². The van der Waals surface area contributed by atoms with E-state index in [1.165, 1.54) is 0 Å². The van der Waals surface area contributed by atoms with Crippen LogP contribution in [0.3, 0.4) is 0 Å². The number of aliphatic hydroxyl groups is 1. The first-order valence-electron chi connectivity index (χ1n) is 7.90. The summed E-state index contributed by atoms with van der Waals surface area (Å²) in [6, 6.07) is 5.48. The minimum absolute atomic E-state index is 0.152. The first-order chi connectivity index (χ1) is 11.2. The lowest BCUT2D eigenvalue weighted by Gasteiger charge is -2.37. The summed E-state index contributed by atoms with van der Waals surface area (Å²) >= 11 is 1.13. The quantitative estimate of drug-likeness (QED) is 0.846. The second kappa shape index (κ2) is 7.14. The van der Waals surface area contributed by atoms with Crippen molar-refractivity contribution in [1.82, 2.24) is 19.9 Å². The van der Waals surface area contributed by atoms with Crippen molar-refractivity contribution in [1.29, 1.82) is 0 Å². The Hall–Kier alpha value is -1.86. The molecule has 1 fully saturated rings. The minimum atomic E-state index is -0.274. The van der Waals surface area contributed by atoms with Crippen LogP contribution >= 0.6 is 11.5 Å². The molecule has 1 atom stereocenters. The summed E-state index contributed by atoms with van der Waals surface area (Å²) in [5.41, 5.74) is 1.58. The Kier molecular flexibility index (Phi) is 4.97. The van der Waals surface area contributed by atoms with Crippen molar-refractivity contribution in [2.24, 2.45) is 5.92 Å². The smallest absolute Gasteiger partial charge is 0.265 e. The molecule has 1 aliphatic carbocycles. The van der Waals surface area contributed by atoms with Gasteiger partial charge in [0.2, 0.25) is 0 Å². The van der Waals surface area contributed by atoms with Gasteiger partial charge in [0.1, 0.15) is 4.88 Å². The largest absolute Gasteiger partial charge is 0.393 e. The van der Waals surface area contributed by atoms with Crippen LogP contribution in [0.4, 0.5) is 0 Å². The van der Waals surface area contributed by atoms with Gasteiger partial charge < -0.3 is 10.4 Å². The molecule has 0 aromatic carbocycles. The number of carbonyl (C=O) groups excluding carboxylic acids is 1. The van der Waals surface area contributed by atoms with E-state index < -0.39 is 0 Å². The molecule has 2 N–H and O–H groups in total. The van der Waals surface area contributed by atoms with Gasteiger partial charge in [-0.15, -0.1) is 5.10 Å². The van der Waals surface area contributed by atoms with Gasteiger partial charge in [-0.2, -0.15) is 0 Å². The van der Waals surface area contributed by atoms with Crippen molar-refractivity contribution in [3.63, 3.8) is 0 Å². The Morgan fingerprint density at radius 1 is 1.48 bits per heavy atom. The van der Waals surface area contributed by atoms with Crippen molar-refractivity contribution in [3.8, 4) is 0 Å². The van der Waals surface area contributed by atoms with Crippen LogP contribution in [-0.2, 0) is 6.42 Å². The molecular weight excluding hydrogens is 312 g/mol. The maximum absolute atomic E-state index is 12.6. The van der Waals surface area contributed by atoms with Crippen LogP contribution in [0.5, 0.6) is 0 Å². The fourth-order valence-electron chi connectivity index (χ4n) is 2.88. The third kappa shape index (κ3) is 3.56. The van der Waals surface area contributed by atoms with Crippen LogP contribution in [-0.4, -0.2) is 31.7 Å². The fraction of sp³-hybridized carbons (Fsp3) is 0.500. The SMILES string of the molecule is CCCc1nnsc1C(=O)N[C@@H](c1ccccn1)C1CC(O)C1. The molecule has 122 valence electrons. The predicted molar refractivity (Wildman–Crippen MR) is 87.1 cm³/mol. The molecule has 2 aromatic rings. The van der Waals surface area contributed by atoms with Crippen molar-refractivity contribution >= 4 is 17.4 Å². The van der Waals surface area contributed by atoms with Crippen LogP contribution < -0.4 is 5.32 Å². The molecule has 0 saturated heterocycles. The van der Waals surface area contributed by atoms with Crippen LogP contribution in [0, 0.1) is 5.92 Å². The molecule has 0 unspecified atom stereocenters. The molecule has 2 aromatic heterocycles. The molecular formula is C16H20N4O2S. The highest BCUT2D eigenvalue weighted by Crippen LogP contribution is 2.37. The molecule has 1 aliphatic rings. The number of aliphatic hydroxyl groups excluding tert-OH is 1. The zero-order valence-corrected chi connectivity index (χ0v) is 13.8. The van der Waals surface area contributed by atoms with Crippen molar-refractivity contribution in [3.05, 3.63) is 40.7 Å². The van der Waals surface area contributed by atoms with Gasteiger partial charge in [-0.05, 0) is 48.8 Å². The van der Waals surface area contributed by atoms with Crippen molar-refractivity contribution < 1.29 is 9.90 Å². The van der Waals surface area contributed by atoms with Gasteiger partial charge in [-0.25, -0.2) is 0 Å². The number of nitrogens with one attached hydrogen (secondary N) is 1. The van der Waals surface area contributed by atoms with Gasteiger partial charge in [-0.3, -0.25) is 9.78 Å². The van der Waals surface area contributed by atoms with Gasteiger partial charge in [0.15, 0.2) is 0 Å². The molecule has 7 heteroatoms. The predicted octanol–water partition coefficient (Wildman–Crippen LogP) is 2.13. The molecule has 0 aliphatic heterocycles. The lowest BCUT2D eigenvalue weighted by Crippen LogP contribution is -2.41. The molecule has 23 heavy (non-hydrogen) atoms. The molecule has 1 saturated carbocycles. The van der Waals surface area contributed by atoms with E-state index in [9.17, 15) is 9.90 Å². The Labute approximate surface area is 139 Å². The lowest BCUT2D eigenvalue weighted by molar-refractivity contribution is 0.0228. The van der Waals surface area contributed by atoms with Gasteiger partial charge in [-0.1, -0.05) is 23.9 Å². The number of aromatic nitrogens is 3. The number of amides is 1. The molecule has 1 amide bonds. The van der Waals surface area contributed by atoms with E-state index in [1.807, 2.05) is 25.1 Å². The lowest BCUT2D eigenvalue weighted by atomic mass is 9.76. The third-order valence-electron chi connectivity index (χ3n) is 4.16. The Morgan fingerprint density at radius 2 is 2.30 bits per heavy atom. The second-order valence-corrected chi connectivity index (χ2v) is 6.64. The summed E-state index contributed by atoms with van der Waals surface area (Å²) in [6.45, 7) is 2.05. The molecule has 6 nitrogen and oxygen atoms in total. The number of hydrogen-bond acceptors (Lipinski definition) is 6. The first-order valence-corrected chi connectivity index (χ1v) is 8.67. The van der Waals surface area contributed by atoms with Gasteiger partial charge in [0.25, 0.3) is 5.91 Å². The van der Waals surface area contributed by atoms with Crippen molar-refractivity contribution in [2.45, 2.75) is 44.8 Å². The number of nitrogens with zero attached hydrogens (tertiary/aromatic N) is 3. The first kappa shape index (κ1) is 16.0. The average molecular weight is 332 g/mol.